The summed E-state index contributed by atoms with van der Waals surface area (Å²) in [4.78, 5) is 15.1. The van der Waals surface area contributed by atoms with Crippen molar-refractivity contribution < 1.29 is 9.32 Å². The van der Waals surface area contributed by atoms with Crippen molar-refractivity contribution in [3.8, 4) is 11.1 Å². The monoisotopic (exact) mass is 418 g/mol. The Kier molecular flexibility index (Phi) is 6.67. The standard InChI is InChI=1S/C25H30N4O2/c1-18-24(19(2)31-28-18)27-25(30)29(17-21-12-14-26-15-13-21)16-20-8-10-23(11-9-20)22-6-4-3-5-7-22/h3-11,21,26H,12-17H2,1-2H3,(H,27,30). The Balaban J connectivity index is 1.50. The number of urea groups is 1. The van der Waals surface area contributed by atoms with Gasteiger partial charge in [0.1, 0.15) is 11.4 Å². The number of anilines is 1. The number of rotatable bonds is 6. The summed E-state index contributed by atoms with van der Waals surface area (Å²) in [5.41, 5.74) is 4.84. The number of nitrogens with one attached hydrogen (secondary N) is 2. The summed E-state index contributed by atoms with van der Waals surface area (Å²) < 4.78 is 5.21. The van der Waals surface area contributed by atoms with E-state index < -0.39 is 0 Å². The zero-order chi connectivity index (χ0) is 21.6. The maximum absolute atomic E-state index is 13.2. The molecule has 6 heteroatoms. The molecular weight excluding hydrogens is 388 g/mol. The molecule has 2 N–H and O–H groups in total. The van der Waals surface area contributed by atoms with Gasteiger partial charge in [-0.05, 0) is 62.4 Å². The fourth-order valence-corrected chi connectivity index (χ4v) is 4.10. The van der Waals surface area contributed by atoms with Gasteiger partial charge in [0, 0.05) is 13.1 Å². The molecule has 1 aliphatic heterocycles. The van der Waals surface area contributed by atoms with Crippen LogP contribution in [0.4, 0.5) is 10.5 Å². The lowest BCUT2D eigenvalue weighted by Gasteiger charge is -2.30. The first-order chi connectivity index (χ1) is 15.1. The molecule has 1 fully saturated rings. The van der Waals surface area contributed by atoms with Crippen LogP contribution < -0.4 is 10.6 Å². The minimum atomic E-state index is -0.111. The van der Waals surface area contributed by atoms with Crippen molar-refractivity contribution in [3.63, 3.8) is 0 Å². The molecular formula is C25H30N4O2. The normalized spacial score (nSPS) is 14.4. The number of benzene rings is 2. The fourth-order valence-electron chi connectivity index (χ4n) is 4.10. The Bertz CT molecular complexity index is 973. The van der Waals surface area contributed by atoms with Crippen LogP contribution >= 0.6 is 0 Å². The number of carbonyl (C=O) groups is 1. The predicted molar refractivity (Wildman–Crippen MR) is 123 cm³/mol. The molecule has 1 aromatic heterocycles. The second kappa shape index (κ2) is 9.79. The van der Waals surface area contributed by atoms with Crippen LogP contribution in [0.1, 0.15) is 29.9 Å². The first-order valence-corrected chi connectivity index (χ1v) is 10.9. The molecule has 4 rings (SSSR count). The number of carbonyl (C=O) groups excluding carboxylic acids is 1. The van der Waals surface area contributed by atoms with E-state index >= 15 is 0 Å². The number of hydrogen-bond donors (Lipinski definition) is 2. The quantitative estimate of drug-likeness (QED) is 0.591. The average molecular weight is 419 g/mol. The summed E-state index contributed by atoms with van der Waals surface area (Å²) in [7, 11) is 0. The van der Waals surface area contributed by atoms with Crippen molar-refractivity contribution in [3.05, 3.63) is 71.6 Å². The van der Waals surface area contributed by atoms with Gasteiger partial charge in [0.15, 0.2) is 5.76 Å². The smallest absolute Gasteiger partial charge is 0.322 e. The van der Waals surface area contributed by atoms with E-state index in [4.69, 9.17) is 4.52 Å². The lowest BCUT2D eigenvalue weighted by Crippen LogP contribution is -2.41. The van der Waals surface area contributed by atoms with E-state index in [1.54, 1.807) is 0 Å². The highest BCUT2D eigenvalue weighted by molar-refractivity contribution is 5.90. The van der Waals surface area contributed by atoms with Gasteiger partial charge in [0.05, 0.1) is 0 Å². The van der Waals surface area contributed by atoms with Crippen LogP contribution in [-0.2, 0) is 6.54 Å². The minimum Gasteiger partial charge on any atom is -0.359 e. The van der Waals surface area contributed by atoms with Crippen molar-refractivity contribution in [2.45, 2.75) is 33.2 Å². The van der Waals surface area contributed by atoms with Crippen molar-refractivity contribution in [1.29, 1.82) is 0 Å². The SMILES string of the molecule is Cc1noc(C)c1NC(=O)N(Cc1ccc(-c2ccccc2)cc1)CC1CCNCC1. The Hall–Kier alpha value is -3.12. The molecule has 162 valence electrons. The summed E-state index contributed by atoms with van der Waals surface area (Å²) in [5, 5.41) is 10.4. The number of hydrogen-bond acceptors (Lipinski definition) is 4. The highest BCUT2D eigenvalue weighted by atomic mass is 16.5. The first kappa shape index (κ1) is 21.1. The van der Waals surface area contributed by atoms with Gasteiger partial charge in [-0.2, -0.15) is 0 Å². The van der Waals surface area contributed by atoms with Gasteiger partial charge in [0.25, 0.3) is 0 Å². The molecule has 0 aliphatic carbocycles. The first-order valence-electron chi connectivity index (χ1n) is 10.9. The molecule has 6 nitrogen and oxygen atoms in total. The van der Waals surface area contributed by atoms with Crippen molar-refractivity contribution >= 4 is 11.7 Å². The van der Waals surface area contributed by atoms with Crippen molar-refractivity contribution in [2.24, 2.45) is 5.92 Å². The molecule has 1 aliphatic rings. The summed E-state index contributed by atoms with van der Waals surface area (Å²) in [5.74, 6) is 1.13. The summed E-state index contributed by atoms with van der Waals surface area (Å²) in [6, 6.07) is 18.7. The van der Waals surface area contributed by atoms with Gasteiger partial charge in [-0.1, -0.05) is 59.8 Å². The summed E-state index contributed by atoms with van der Waals surface area (Å²) in [6.07, 6.45) is 2.17. The number of piperidine rings is 1. The molecule has 0 radical (unpaired) electrons. The zero-order valence-electron chi connectivity index (χ0n) is 18.2. The number of aromatic nitrogens is 1. The Labute approximate surface area is 183 Å². The molecule has 3 aromatic rings. The van der Waals surface area contributed by atoms with E-state index in [-0.39, 0.29) is 6.03 Å². The van der Waals surface area contributed by atoms with E-state index in [0.29, 0.717) is 29.6 Å². The predicted octanol–water partition coefficient (Wildman–Crippen LogP) is 4.99. The van der Waals surface area contributed by atoms with Crippen LogP contribution in [0.5, 0.6) is 0 Å². The van der Waals surface area contributed by atoms with Crippen molar-refractivity contribution in [2.75, 3.05) is 25.0 Å². The fraction of sp³-hybridized carbons (Fsp3) is 0.360. The molecule has 0 bridgehead atoms. The third kappa shape index (κ3) is 5.33. The molecule has 1 saturated heterocycles. The Morgan fingerprint density at radius 1 is 1.06 bits per heavy atom. The molecule has 31 heavy (non-hydrogen) atoms. The second-order valence-corrected chi connectivity index (χ2v) is 8.27. The molecule has 2 aromatic carbocycles. The number of amides is 2. The lowest BCUT2D eigenvalue weighted by molar-refractivity contribution is 0.189. The maximum atomic E-state index is 13.2. The number of nitrogens with zero attached hydrogens (tertiary/aromatic N) is 2. The van der Waals surface area contributed by atoms with E-state index in [1.165, 1.54) is 11.1 Å². The highest BCUT2D eigenvalue weighted by Gasteiger charge is 2.23. The van der Waals surface area contributed by atoms with E-state index in [1.807, 2.05) is 36.9 Å². The van der Waals surface area contributed by atoms with Crippen LogP contribution in [0.15, 0.2) is 59.1 Å². The van der Waals surface area contributed by atoms with Gasteiger partial charge in [-0.15, -0.1) is 0 Å². The van der Waals surface area contributed by atoms with Gasteiger partial charge in [-0.3, -0.25) is 0 Å². The summed E-state index contributed by atoms with van der Waals surface area (Å²) in [6.45, 7) is 6.97. The van der Waals surface area contributed by atoms with E-state index in [2.05, 4.69) is 52.2 Å². The van der Waals surface area contributed by atoms with Crippen LogP contribution in [-0.4, -0.2) is 35.7 Å². The molecule has 0 atom stereocenters. The van der Waals surface area contributed by atoms with Crippen LogP contribution in [0.25, 0.3) is 11.1 Å². The molecule has 0 unspecified atom stereocenters. The second-order valence-electron chi connectivity index (χ2n) is 8.27. The molecule has 0 spiro atoms. The molecule has 2 heterocycles. The topological polar surface area (TPSA) is 70.4 Å². The zero-order valence-corrected chi connectivity index (χ0v) is 18.2. The van der Waals surface area contributed by atoms with Gasteiger partial charge in [0.2, 0.25) is 0 Å². The lowest BCUT2D eigenvalue weighted by atomic mass is 9.97. The Morgan fingerprint density at radius 2 is 1.74 bits per heavy atom. The highest BCUT2D eigenvalue weighted by Crippen LogP contribution is 2.23. The van der Waals surface area contributed by atoms with E-state index in [9.17, 15) is 4.79 Å². The van der Waals surface area contributed by atoms with Crippen molar-refractivity contribution in [1.82, 2.24) is 15.4 Å². The molecule has 0 saturated carbocycles. The summed E-state index contributed by atoms with van der Waals surface area (Å²) >= 11 is 0. The van der Waals surface area contributed by atoms with Crippen LogP contribution in [0.3, 0.4) is 0 Å². The molecule has 2 amide bonds. The average Bonchev–Trinajstić information content (AvgIpc) is 3.12. The largest absolute Gasteiger partial charge is 0.359 e. The van der Waals surface area contributed by atoms with Crippen LogP contribution in [0, 0.1) is 19.8 Å². The van der Waals surface area contributed by atoms with Crippen LogP contribution in [0.2, 0.25) is 0 Å². The third-order valence-electron chi connectivity index (χ3n) is 5.92. The maximum Gasteiger partial charge on any atom is 0.322 e. The van der Waals surface area contributed by atoms with Gasteiger partial charge >= 0.3 is 6.03 Å². The minimum absolute atomic E-state index is 0.111. The van der Waals surface area contributed by atoms with Gasteiger partial charge < -0.3 is 20.1 Å². The van der Waals surface area contributed by atoms with Gasteiger partial charge in [-0.25, -0.2) is 4.79 Å². The Morgan fingerprint density at radius 3 is 2.39 bits per heavy atom. The third-order valence-corrected chi connectivity index (χ3v) is 5.92. The van der Waals surface area contributed by atoms with E-state index in [0.717, 1.165) is 38.0 Å². The number of aryl methyl sites for hydroxylation is 2.